The van der Waals surface area contributed by atoms with Crippen LogP contribution in [0.5, 0.6) is 0 Å². The molecule has 5 nitrogen and oxygen atoms in total. The molecule has 0 spiro atoms. The highest BCUT2D eigenvalue weighted by molar-refractivity contribution is 6.76. The Labute approximate surface area is 134 Å². The first-order valence-corrected chi connectivity index (χ1v) is 11.7. The lowest BCUT2D eigenvalue weighted by atomic mass is 10.3. The van der Waals surface area contributed by atoms with Crippen molar-refractivity contribution in [3.8, 4) is 0 Å². The third-order valence-corrected chi connectivity index (χ3v) is 5.37. The Morgan fingerprint density at radius 1 is 1.36 bits per heavy atom. The van der Waals surface area contributed by atoms with Crippen LogP contribution in [0.2, 0.25) is 25.7 Å². The van der Waals surface area contributed by atoms with Gasteiger partial charge in [-0.15, -0.1) is 0 Å². The topological polar surface area (TPSA) is 52.0 Å². The number of rotatable bonds is 8. The first-order valence-electron chi connectivity index (χ1n) is 8.03. The van der Waals surface area contributed by atoms with Gasteiger partial charge in [0.1, 0.15) is 12.6 Å². The number of aromatic nitrogens is 3. The molecule has 22 heavy (non-hydrogen) atoms. The second-order valence-electron chi connectivity index (χ2n) is 6.91. The van der Waals surface area contributed by atoms with E-state index in [0.717, 1.165) is 30.0 Å². The summed E-state index contributed by atoms with van der Waals surface area (Å²) >= 11 is 0. The number of nitrogens with zero attached hydrogens (tertiary/aromatic N) is 3. The summed E-state index contributed by atoms with van der Waals surface area (Å²) in [6.45, 7) is 13.6. The average Bonchev–Trinajstić information content (AvgIpc) is 2.85. The van der Waals surface area contributed by atoms with Gasteiger partial charge in [0.05, 0.1) is 23.3 Å². The number of fused-ring (bicyclic) bond motifs is 1. The highest BCUT2D eigenvalue weighted by Crippen LogP contribution is 2.16. The Kier molecular flexibility index (Phi) is 5.72. The van der Waals surface area contributed by atoms with Gasteiger partial charge < -0.3 is 14.6 Å². The molecule has 2 heterocycles. The van der Waals surface area contributed by atoms with Gasteiger partial charge >= 0.3 is 0 Å². The standard InChI is InChI=1S/C16H28N4OSi/c1-6-17-13(2)16-18-11-15-14(19-16)7-8-20(15)12-21-9-10-22(3,4)5/h7-8,11,13,17H,6,9-10,12H2,1-5H3. The SMILES string of the molecule is CCNC(C)c1ncc2c(ccn2COCC[Si](C)(C)C)n1. The van der Waals surface area contributed by atoms with E-state index < -0.39 is 8.07 Å². The van der Waals surface area contributed by atoms with E-state index >= 15 is 0 Å². The lowest BCUT2D eigenvalue weighted by Crippen LogP contribution is -2.22. The van der Waals surface area contributed by atoms with Crippen LogP contribution in [0.4, 0.5) is 0 Å². The van der Waals surface area contributed by atoms with Crippen LogP contribution in [0.25, 0.3) is 11.0 Å². The molecule has 1 atom stereocenters. The Bertz CT molecular complexity index is 606. The highest BCUT2D eigenvalue weighted by atomic mass is 28.3. The summed E-state index contributed by atoms with van der Waals surface area (Å²) in [7, 11) is -1.03. The van der Waals surface area contributed by atoms with E-state index in [1.54, 1.807) is 0 Å². The van der Waals surface area contributed by atoms with Crippen LogP contribution in [0.1, 0.15) is 25.7 Å². The molecule has 0 aromatic carbocycles. The van der Waals surface area contributed by atoms with E-state index in [1.807, 2.05) is 18.5 Å². The van der Waals surface area contributed by atoms with Gasteiger partial charge in [-0.05, 0) is 25.6 Å². The van der Waals surface area contributed by atoms with Gasteiger partial charge in [-0.25, -0.2) is 9.97 Å². The minimum atomic E-state index is -1.03. The smallest absolute Gasteiger partial charge is 0.145 e. The van der Waals surface area contributed by atoms with Gasteiger partial charge in [-0.1, -0.05) is 26.6 Å². The minimum Gasteiger partial charge on any atom is -0.361 e. The van der Waals surface area contributed by atoms with Crippen LogP contribution < -0.4 is 5.32 Å². The van der Waals surface area contributed by atoms with Crippen LogP contribution in [0.15, 0.2) is 18.5 Å². The van der Waals surface area contributed by atoms with Gasteiger partial charge in [-0.2, -0.15) is 0 Å². The molecule has 6 heteroatoms. The molecule has 0 aliphatic carbocycles. The summed E-state index contributed by atoms with van der Waals surface area (Å²) in [5, 5.41) is 3.34. The second-order valence-corrected chi connectivity index (χ2v) is 12.5. The molecular formula is C16H28N4OSi. The van der Waals surface area contributed by atoms with Gasteiger partial charge in [0.2, 0.25) is 0 Å². The number of nitrogens with one attached hydrogen (secondary N) is 1. The van der Waals surface area contributed by atoms with Crippen molar-refractivity contribution in [3.05, 3.63) is 24.3 Å². The third-order valence-electron chi connectivity index (χ3n) is 3.66. The van der Waals surface area contributed by atoms with Crippen molar-refractivity contribution in [2.24, 2.45) is 0 Å². The first kappa shape index (κ1) is 17.1. The number of hydrogen-bond acceptors (Lipinski definition) is 4. The van der Waals surface area contributed by atoms with E-state index in [-0.39, 0.29) is 6.04 Å². The molecule has 0 amide bonds. The summed E-state index contributed by atoms with van der Waals surface area (Å²) in [4.78, 5) is 9.12. The van der Waals surface area contributed by atoms with E-state index in [9.17, 15) is 0 Å². The van der Waals surface area contributed by atoms with Gasteiger partial charge in [0, 0.05) is 20.9 Å². The van der Waals surface area contributed by atoms with Crippen molar-refractivity contribution in [3.63, 3.8) is 0 Å². The first-order chi connectivity index (χ1) is 10.4. The molecule has 0 fully saturated rings. The van der Waals surface area contributed by atoms with Gasteiger partial charge in [-0.3, -0.25) is 0 Å². The summed E-state index contributed by atoms with van der Waals surface area (Å²) in [6, 6.07) is 3.39. The Morgan fingerprint density at radius 3 is 2.82 bits per heavy atom. The zero-order chi connectivity index (χ0) is 16.2. The molecule has 0 radical (unpaired) electrons. The molecule has 0 aliphatic rings. The molecule has 0 saturated carbocycles. The van der Waals surface area contributed by atoms with Gasteiger partial charge in [0.25, 0.3) is 0 Å². The molecule has 122 valence electrons. The zero-order valence-electron chi connectivity index (χ0n) is 14.4. The fraction of sp³-hybridized carbons (Fsp3) is 0.625. The van der Waals surface area contributed by atoms with Crippen molar-refractivity contribution >= 4 is 19.1 Å². The molecular weight excluding hydrogens is 292 g/mol. The van der Waals surface area contributed by atoms with Crippen LogP contribution in [0, 0.1) is 0 Å². The molecule has 0 bridgehead atoms. The molecule has 2 rings (SSSR count). The molecule has 1 unspecified atom stereocenters. The molecule has 2 aromatic heterocycles. The molecule has 2 aromatic rings. The monoisotopic (exact) mass is 320 g/mol. The van der Waals surface area contributed by atoms with Crippen molar-refractivity contribution in [1.82, 2.24) is 19.9 Å². The van der Waals surface area contributed by atoms with E-state index in [1.165, 1.54) is 6.04 Å². The Balaban J connectivity index is 2.01. The van der Waals surface area contributed by atoms with E-state index in [2.05, 4.69) is 53.3 Å². The van der Waals surface area contributed by atoms with Crippen LogP contribution >= 0.6 is 0 Å². The summed E-state index contributed by atoms with van der Waals surface area (Å²) < 4.78 is 7.88. The third kappa shape index (κ3) is 4.63. The van der Waals surface area contributed by atoms with E-state index in [4.69, 9.17) is 4.74 Å². The summed E-state index contributed by atoms with van der Waals surface area (Å²) in [6.07, 6.45) is 3.92. The predicted octanol–water partition coefficient (Wildman–Crippen LogP) is 3.41. The van der Waals surface area contributed by atoms with Crippen LogP contribution in [0.3, 0.4) is 0 Å². The Morgan fingerprint density at radius 2 is 2.14 bits per heavy atom. The molecule has 1 N–H and O–H groups in total. The van der Waals surface area contributed by atoms with Crippen LogP contribution in [-0.2, 0) is 11.5 Å². The maximum absolute atomic E-state index is 5.81. The summed E-state index contributed by atoms with van der Waals surface area (Å²) in [5.74, 6) is 0.840. The maximum Gasteiger partial charge on any atom is 0.145 e. The summed E-state index contributed by atoms with van der Waals surface area (Å²) in [5.41, 5.74) is 2.00. The highest BCUT2D eigenvalue weighted by Gasteiger charge is 2.13. The fourth-order valence-corrected chi connectivity index (χ4v) is 3.00. The second kappa shape index (κ2) is 7.35. The number of hydrogen-bond donors (Lipinski definition) is 1. The van der Waals surface area contributed by atoms with Crippen molar-refractivity contribution < 1.29 is 4.74 Å². The minimum absolute atomic E-state index is 0.172. The molecule has 0 aliphatic heterocycles. The maximum atomic E-state index is 5.81. The Hall–Kier alpha value is -1.24. The number of ether oxygens (including phenoxy) is 1. The zero-order valence-corrected chi connectivity index (χ0v) is 15.4. The quantitative estimate of drug-likeness (QED) is 0.598. The van der Waals surface area contributed by atoms with E-state index in [0.29, 0.717) is 6.73 Å². The van der Waals surface area contributed by atoms with Crippen LogP contribution in [-0.4, -0.2) is 35.8 Å². The van der Waals surface area contributed by atoms with Crippen molar-refractivity contribution in [2.75, 3.05) is 13.2 Å². The lowest BCUT2D eigenvalue weighted by molar-refractivity contribution is 0.0902. The molecule has 0 saturated heterocycles. The average molecular weight is 321 g/mol. The normalized spacial score (nSPS) is 13.7. The largest absolute Gasteiger partial charge is 0.361 e. The van der Waals surface area contributed by atoms with Gasteiger partial charge in [0.15, 0.2) is 0 Å². The predicted molar refractivity (Wildman–Crippen MR) is 93.7 cm³/mol. The van der Waals surface area contributed by atoms with Crippen molar-refractivity contribution in [2.45, 2.75) is 52.3 Å². The fourth-order valence-electron chi connectivity index (χ4n) is 2.25. The van der Waals surface area contributed by atoms with Crippen molar-refractivity contribution in [1.29, 1.82) is 0 Å². The lowest BCUT2D eigenvalue weighted by Gasteiger charge is -2.15.